The van der Waals surface area contributed by atoms with Crippen molar-refractivity contribution in [1.29, 1.82) is 0 Å². The number of carbonyl (C=O) groups excluding carboxylic acids is 1. The lowest BCUT2D eigenvalue weighted by atomic mass is 10.2. The molecule has 0 aliphatic rings. The summed E-state index contributed by atoms with van der Waals surface area (Å²) in [6, 6.07) is 21.4. The van der Waals surface area contributed by atoms with Gasteiger partial charge in [0.1, 0.15) is 11.5 Å². The Hall–Kier alpha value is -3.23. The fourth-order valence-corrected chi connectivity index (χ4v) is 2.99. The Morgan fingerprint density at radius 2 is 1.80 bits per heavy atom. The third-order valence-electron chi connectivity index (χ3n) is 3.90. The smallest absolute Gasteiger partial charge is 0.343 e. The molecule has 0 bridgehead atoms. The van der Waals surface area contributed by atoms with Crippen LogP contribution in [0.15, 0.2) is 82.4 Å². The van der Waals surface area contributed by atoms with E-state index in [-0.39, 0.29) is 0 Å². The Bertz CT molecular complexity index is 1060. The van der Waals surface area contributed by atoms with Gasteiger partial charge in [0.2, 0.25) is 0 Å². The van der Waals surface area contributed by atoms with E-state index in [1.54, 1.807) is 49.6 Å². The van der Waals surface area contributed by atoms with E-state index in [2.05, 4.69) is 31.8 Å². The first kappa shape index (κ1) is 21.5. The Kier molecular flexibility index (Phi) is 7.53. The number of hydrogen-bond acceptors (Lipinski definition) is 5. The zero-order valence-electron chi connectivity index (χ0n) is 16.0. The second-order valence-electron chi connectivity index (χ2n) is 5.99. The fraction of sp³-hybridized carbons (Fsp3) is 0.0455. The third-order valence-corrected chi connectivity index (χ3v) is 4.59. The molecule has 0 aliphatic heterocycles. The maximum atomic E-state index is 12.3. The van der Waals surface area contributed by atoms with E-state index in [9.17, 15) is 4.79 Å². The minimum atomic E-state index is -0.447. The number of nitrogens with one attached hydrogen (secondary N) is 2. The summed E-state index contributed by atoms with van der Waals surface area (Å²) >= 11 is 8.66. The minimum absolute atomic E-state index is 0.314. The summed E-state index contributed by atoms with van der Waals surface area (Å²) in [5, 5.41) is 7.47. The van der Waals surface area contributed by atoms with Crippen LogP contribution in [0.2, 0.25) is 0 Å². The largest absolute Gasteiger partial charge is 0.497 e. The van der Waals surface area contributed by atoms with Gasteiger partial charge in [0.25, 0.3) is 0 Å². The molecule has 0 saturated heterocycles. The molecule has 3 rings (SSSR count). The predicted molar refractivity (Wildman–Crippen MR) is 125 cm³/mol. The molecule has 0 fully saturated rings. The van der Waals surface area contributed by atoms with Gasteiger partial charge in [0.05, 0.1) is 18.9 Å². The Morgan fingerprint density at radius 3 is 2.50 bits per heavy atom. The van der Waals surface area contributed by atoms with Crippen molar-refractivity contribution in [1.82, 2.24) is 5.43 Å². The zero-order chi connectivity index (χ0) is 21.3. The number of ether oxygens (including phenoxy) is 2. The van der Waals surface area contributed by atoms with Gasteiger partial charge in [-0.1, -0.05) is 34.1 Å². The Balaban J connectivity index is 1.64. The summed E-state index contributed by atoms with van der Waals surface area (Å²) in [6.07, 6.45) is 1.53. The highest BCUT2D eigenvalue weighted by Crippen LogP contribution is 2.23. The second-order valence-corrected chi connectivity index (χ2v) is 7.31. The van der Waals surface area contributed by atoms with Crippen molar-refractivity contribution in [3.8, 4) is 11.5 Å². The molecule has 2 N–H and O–H groups in total. The van der Waals surface area contributed by atoms with Crippen LogP contribution in [0, 0.1) is 0 Å². The molecule has 0 aromatic heterocycles. The third kappa shape index (κ3) is 6.13. The summed E-state index contributed by atoms with van der Waals surface area (Å²) in [5.74, 6) is 0.688. The highest BCUT2D eigenvalue weighted by atomic mass is 79.9. The molecule has 0 radical (unpaired) electrons. The van der Waals surface area contributed by atoms with Crippen LogP contribution in [-0.2, 0) is 0 Å². The lowest BCUT2D eigenvalue weighted by Gasteiger charge is -2.09. The number of esters is 1. The van der Waals surface area contributed by atoms with Crippen LogP contribution in [0.1, 0.15) is 15.9 Å². The van der Waals surface area contributed by atoms with Gasteiger partial charge in [-0.2, -0.15) is 5.10 Å². The van der Waals surface area contributed by atoms with E-state index in [1.807, 2.05) is 30.3 Å². The molecular weight excluding hydrogens is 466 g/mol. The maximum Gasteiger partial charge on any atom is 0.343 e. The van der Waals surface area contributed by atoms with Crippen LogP contribution in [0.4, 0.5) is 5.69 Å². The highest BCUT2D eigenvalue weighted by molar-refractivity contribution is 9.10. The number of carbonyl (C=O) groups is 1. The van der Waals surface area contributed by atoms with Crippen LogP contribution in [0.3, 0.4) is 0 Å². The van der Waals surface area contributed by atoms with Crippen molar-refractivity contribution in [2.45, 2.75) is 0 Å². The molecule has 0 unspecified atom stereocenters. The summed E-state index contributed by atoms with van der Waals surface area (Å²) < 4.78 is 11.5. The fourth-order valence-electron chi connectivity index (χ4n) is 2.44. The van der Waals surface area contributed by atoms with Gasteiger partial charge in [-0.15, -0.1) is 0 Å². The summed E-state index contributed by atoms with van der Waals surface area (Å²) in [6.45, 7) is 0. The van der Waals surface area contributed by atoms with Crippen LogP contribution >= 0.6 is 28.1 Å². The van der Waals surface area contributed by atoms with Crippen molar-refractivity contribution in [3.63, 3.8) is 0 Å². The number of rotatable bonds is 6. The average molecular weight is 484 g/mol. The summed E-state index contributed by atoms with van der Waals surface area (Å²) in [4.78, 5) is 12.3. The Labute approximate surface area is 188 Å². The van der Waals surface area contributed by atoms with Gasteiger partial charge in [-0.3, -0.25) is 5.43 Å². The number of anilines is 1. The molecule has 152 valence electrons. The van der Waals surface area contributed by atoms with Crippen LogP contribution in [-0.4, -0.2) is 24.4 Å². The van der Waals surface area contributed by atoms with E-state index in [4.69, 9.17) is 21.7 Å². The van der Waals surface area contributed by atoms with Gasteiger partial charge in [-0.05, 0) is 66.8 Å². The number of halogens is 1. The van der Waals surface area contributed by atoms with Crippen molar-refractivity contribution < 1.29 is 14.3 Å². The first-order chi connectivity index (χ1) is 14.5. The number of thiocarbonyl (C=S) groups is 1. The first-order valence-electron chi connectivity index (χ1n) is 8.86. The minimum Gasteiger partial charge on any atom is -0.497 e. The quantitative estimate of drug-likeness (QED) is 0.169. The number of hydrazone groups is 1. The molecule has 0 spiro atoms. The van der Waals surface area contributed by atoms with E-state index in [1.165, 1.54) is 6.21 Å². The molecule has 6 nitrogen and oxygen atoms in total. The maximum absolute atomic E-state index is 12.3. The summed E-state index contributed by atoms with van der Waals surface area (Å²) in [5.41, 5.74) is 4.61. The molecule has 30 heavy (non-hydrogen) atoms. The summed E-state index contributed by atoms with van der Waals surface area (Å²) in [7, 11) is 1.61. The normalized spacial score (nSPS) is 10.5. The standard InChI is InChI=1S/C22H18BrN3O3S/c1-28-19-10-8-18(9-11-19)25-22(30)26-24-14-16-13-17(23)7-12-20(16)29-21(27)15-5-3-2-4-6-15/h2-14H,1H3,(H2,25,26,30)/b24-14+. The van der Waals surface area contributed by atoms with E-state index >= 15 is 0 Å². The zero-order valence-corrected chi connectivity index (χ0v) is 18.4. The van der Waals surface area contributed by atoms with E-state index in [0.717, 1.165) is 15.9 Å². The molecule has 0 heterocycles. The SMILES string of the molecule is COc1ccc(NC(=S)N/N=C/c2cc(Br)ccc2OC(=O)c2ccccc2)cc1. The molecule has 3 aromatic carbocycles. The van der Waals surface area contributed by atoms with Crippen LogP contribution in [0.5, 0.6) is 11.5 Å². The number of nitrogens with zero attached hydrogens (tertiary/aromatic N) is 1. The lowest BCUT2D eigenvalue weighted by molar-refractivity contribution is 0.0734. The monoisotopic (exact) mass is 483 g/mol. The Morgan fingerprint density at radius 1 is 1.07 bits per heavy atom. The predicted octanol–water partition coefficient (Wildman–Crippen LogP) is 5.00. The van der Waals surface area contributed by atoms with Crippen molar-refractivity contribution in [2.75, 3.05) is 12.4 Å². The van der Waals surface area contributed by atoms with Gasteiger partial charge >= 0.3 is 5.97 Å². The van der Waals surface area contributed by atoms with Gasteiger partial charge in [0, 0.05) is 15.7 Å². The molecule has 0 amide bonds. The van der Waals surface area contributed by atoms with Gasteiger partial charge in [-0.25, -0.2) is 4.79 Å². The van der Waals surface area contributed by atoms with Gasteiger partial charge < -0.3 is 14.8 Å². The van der Waals surface area contributed by atoms with Crippen molar-refractivity contribution >= 4 is 51.1 Å². The molecule has 0 aliphatic carbocycles. The number of hydrogen-bond donors (Lipinski definition) is 2. The molecule has 0 saturated carbocycles. The molecular formula is C22H18BrN3O3S. The van der Waals surface area contributed by atoms with E-state index < -0.39 is 5.97 Å². The molecule has 0 atom stereocenters. The topological polar surface area (TPSA) is 71.9 Å². The molecule has 3 aromatic rings. The van der Waals surface area contributed by atoms with Gasteiger partial charge in [0.15, 0.2) is 5.11 Å². The second kappa shape index (κ2) is 10.5. The van der Waals surface area contributed by atoms with E-state index in [0.29, 0.717) is 22.0 Å². The number of methoxy groups -OCH3 is 1. The molecule has 8 heteroatoms. The average Bonchev–Trinajstić information content (AvgIpc) is 2.76. The lowest BCUT2D eigenvalue weighted by Crippen LogP contribution is -2.23. The van der Waals surface area contributed by atoms with Crippen LogP contribution in [0.25, 0.3) is 0 Å². The van der Waals surface area contributed by atoms with Crippen LogP contribution < -0.4 is 20.2 Å². The highest BCUT2D eigenvalue weighted by Gasteiger charge is 2.11. The first-order valence-corrected chi connectivity index (χ1v) is 10.1. The van der Waals surface area contributed by atoms with Crippen molar-refractivity contribution in [2.24, 2.45) is 5.10 Å². The number of benzene rings is 3. The van der Waals surface area contributed by atoms with Crippen molar-refractivity contribution in [3.05, 3.63) is 88.4 Å².